The van der Waals surface area contributed by atoms with Gasteiger partial charge in [-0.05, 0) is 24.6 Å². The van der Waals surface area contributed by atoms with Gasteiger partial charge in [-0.3, -0.25) is 14.5 Å². The highest BCUT2D eigenvalue weighted by molar-refractivity contribution is 8.01. The van der Waals surface area contributed by atoms with E-state index < -0.39 is 0 Å². The molecule has 0 spiro atoms. The molecule has 0 unspecified atom stereocenters. The summed E-state index contributed by atoms with van der Waals surface area (Å²) in [7, 11) is 0. The van der Waals surface area contributed by atoms with Crippen LogP contribution in [0.1, 0.15) is 22.8 Å². The minimum Gasteiger partial charge on any atom is -0.374 e. The van der Waals surface area contributed by atoms with Gasteiger partial charge >= 0.3 is 0 Å². The lowest BCUT2D eigenvalue weighted by Crippen LogP contribution is -2.47. The fourth-order valence-corrected chi connectivity index (χ4v) is 5.67. The van der Waals surface area contributed by atoms with Crippen molar-refractivity contribution in [1.29, 1.82) is 0 Å². The molecular formula is C25H25Cl2N3O3S2. The van der Waals surface area contributed by atoms with Gasteiger partial charge in [0.05, 0.1) is 34.2 Å². The van der Waals surface area contributed by atoms with Crippen LogP contribution in [0.4, 0.5) is 0 Å². The van der Waals surface area contributed by atoms with E-state index in [2.05, 4.69) is 15.2 Å². The Morgan fingerprint density at radius 3 is 2.74 bits per heavy atom. The van der Waals surface area contributed by atoms with Crippen LogP contribution in [0.25, 0.3) is 11.3 Å². The van der Waals surface area contributed by atoms with Gasteiger partial charge in [-0.25, -0.2) is 4.98 Å². The second kappa shape index (κ2) is 12.3. The van der Waals surface area contributed by atoms with Crippen molar-refractivity contribution in [2.75, 3.05) is 32.0 Å². The number of carbonyl (C=O) groups is 2. The first-order chi connectivity index (χ1) is 16.9. The monoisotopic (exact) mass is 549 g/mol. The molecule has 1 aromatic heterocycles. The maximum Gasteiger partial charge on any atom is 0.230 e. The van der Waals surface area contributed by atoms with Crippen LogP contribution in [0.15, 0.2) is 52.2 Å². The van der Waals surface area contributed by atoms with E-state index in [4.69, 9.17) is 27.9 Å². The van der Waals surface area contributed by atoms with Gasteiger partial charge in [-0.2, -0.15) is 0 Å². The number of nitrogens with one attached hydrogen (secondary N) is 1. The molecule has 35 heavy (non-hydrogen) atoms. The Balaban J connectivity index is 1.20. The highest BCUT2D eigenvalue weighted by atomic mass is 35.5. The van der Waals surface area contributed by atoms with E-state index in [9.17, 15) is 9.59 Å². The molecule has 10 heteroatoms. The van der Waals surface area contributed by atoms with Gasteiger partial charge in [-0.15, -0.1) is 11.3 Å². The average Bonchev–Trinajstić information content (AvgIpc) is 3.33. The number of hydrogen-bond donors (Lipinski definition) is 1. The highest BCUT2D eigenvalue weighted by Gasteiger charge is 2.21. The third kappa shape index (κ3) is 7.52. The number of ether oxygens (including phenoxy) is 1. The summed E-state index contributed by atoms with van der Waals surface area (Å²) < 4.78 is 6.66. The van der Waals surface area contributed by atoms with Crippen molar-refractivity contribution in [2.45, 2.75) is 23.9 Å². The summed E-state index contributed by atoms with van der Waals surface area (Å²) in [6.07, 6.45) is -0.0649. The molecule has 6 nitrogen and oxygen atoms in total. The van der Waals surface area contributed by atoms with E-state index in [1.54, 1.807) is 19.1 Å². The maximum atomic E-state index is 12.4. The molecule has 0 aliphatic carbocycles. The van der Waals surface area contributed by atoms with Crippen molar-refractivity contribution in [2.24, 2.45) is 0 Å². The third-order valence-corrected chi connectivity index (χ3v) is 8.30. The summed E-state index contributed by atoms with van der Waals surface area (Å²) in [5.41, 5.74) is 3.56. The van der Waals surface area contributed by atoms with E-state index in [0.717, 1.165) is 40.8 Å². The largest absolute Gasteiger partial charge is 0.374 e. The Morgan fingerprint density at radius 2 is 2.00 bits per heavy atom. The number of benzene rings is 2. The molecule has 4 rings (SSSR count). The lowest BCUT2D eigenvalue weighted by Gasteiger charge is -2.33. The van der Waals surface area contributed by atoms with Crippen LogP contribution in [0.5, 0.6) is 0 Å². The number of thioether (sulfide) groups is 1. The standard InChI is InChI=1S/C25H25Cl2N3O3S2/c1-16(31)18-3-5-19(6-4-18)23-14-34-25(29-23)35-15-24(32)28-11-20-13-30(8-9-33-20)12-17-2-7-21(26)22(27)10-17/h2-7,10,14,20H,8-9,11-13,15H2,1H3,(H,28,32)/t20-/m0/s1. The van der Waals surface area contributed by atoms with Gasteiger partial charge < -0.3 is 10.1 Å². The fourth-order valence-electron chi connectivity index (χ4n) is 3.68. The van der Waals surface area contributed by atoms with E-state index in [1.807, 2.05) is 35.7 Å². The van der Waals surface area contributed by atoms with Crippen molar-refractivity contribution in [3.05, 3.63) is 69.0 Å². The summed E-state index contributed by atoms with van der Waals surface area (Å²) in [5, 5.41) is 6.04. The number of halogens is 2. The molecule has 1 N–H and O–H groups in total. The number of nitrogens with zero attached hydrogens (tertiary/aromatic N) is 2. The third-order valence-electron chi connectivity index (χ3n) is 5.54. The van der Waals surface area contributed by atoms with E-state index >= 15 is 0 Å². The number of hydrogen-bond acceptors (Lipinski definition) is 7. The number of carbonyl (C=O) groups excluding carboxylic acids is 2. The molecule has 0 bridgehead atoms. The lowest BCUT2D eigenvalue weighted by atomic mass is 10.1. The number of amides is 1. The normalized spacial score (nSPS) is 16.3. The van der Waals surface area contributed by atoms with Gasteiger partial charge in [0.15, 0.2) is 10.1 Å². The van der Waals surface area contributed by atoms with Crippen molar-refractivity contribution in [1.82, 2.24) is 15.2 Å². The molecule has 1 fully saturated rings. The molecule has 0 saturated carbocycles. The van der Waals surface area contributed by atoms with E-state index in [-0.39, 0.29) is 23.5 Å². The van der Waals surface area contributed by atoms with Gasteiger partial charge in [0, 0.05) is 42.7 Å². The predicted octanol–water partition coefficient (Wildman–Crippen LogP) is 5.43. The van der Waals surface area contributed by atoms with Crippen LogP contribution >= 0.6 is 46.3 Å². The van der Waals surface area contributed by atoms with Crippen LogP contribution in [0.2, 0.25) is 10.0 Å². The smallest absolute Gasteiger partial charge is 0.230 e. The Kier molecular flexibility index (Phi) is 9.21. The number of ketones is 1. The van der Waals surface area contributed by atoms with Gasteiger partial charge in [0.2, 0.25) is 5.91 Å². The van der Waals surface area contributed by atoms with Crippen LogP contribution in [-0.4, -0.2) is 59.7 Å². The first-order valence-corrected chi connectivity index (χ1v) is 13.7. The summed E-state index contributed by atoms with van der Waals surface area (Å²) in [6, 6.07) is 13.1. The minimum atomic E-state index is -0.0649. The van der Waals surface area contributed by atoms with Gasteiger partial charge in [-0.1, -0.05) is 65.3 Å². The molecule has 1 atom stereocenters. The van der Waals surface area contributed by atoms with Crippen molar-refractivity contribution in [3.63, 3.8) is 0 Å². The number of Topliss-reactive ketones (excluding diaryl/α,β-unsaturated/α-hetero) is 1. The number of thiazole rings is 1. The molecule has 1 amide bonds. The number of rotatable bonds is 9. The SMILES string of the molecule is CC(=O)c1ccc(-c2csc(SCC(=O)NC[C@H]3CN(Cc4ccc(Cl)c(Cl)c4)CCO3)n2)cc1. The van der Waals surface area contributed by atoms with Crippen molar-refractivity contribution in [3.8, 4) is 11.3 Å². The van der Waals surface area contributed by atoms with Crippen molar-refractivity contribution < 1.29 is 14.3 Å². The molecular weight excluding hydrogens is 525 g/mol. The molecule has 2 heterocycles. The Morgan fingerprint density at radius 1 is 1.20 bits per heavy atom. The maximum absolute atomic E-state index is 12.4. The molecule has 1 aliphatic rings. The molecule has 3 aromatic rings. The summed E-state index contributed by atoms with van der Waals surface area (Å²) >= 11 is 15.0. The quantitative estimate of drug-likeness (QED) is 0.283. The van der Waals surface area contributed by atoms with Crippen LogP contribution in [0.3, 0.4) is 0 Å². The molecule has 1 aliphatic heterocycles. The molecule has 1 saturated heterocycles. The zero-order valence-electron chi connectivity index (χ0n) is 19.1. The Labute approximate surface area is 223 Å². The first kappa shape index (κ1) is 26.1. The molecule has 0 radical (unpaired) electrons. The summed E-state index contributed by atoms with van der Waals surface area (Å²) in [5.74, 6) is 0.272. The minimum absolute atomic E-state index is 0.0369. The van der Waals surface area contributed by atoms with E-state index in [0.29, 0.717) is 28.8 Å². The number of morpholine rings is 1. The second-order valence-electron chi connectivity index (χ2n) is 8.20. The summed E-state index contributed by atoms with van der Waals surface area (Å²) in [4.78, 5) is 30.7. The predicted molar refractivity (Wildman–Crippen MR) is 143 cm³/mol. The second-order valence-corrected chi connectivity index (χ2v) is 11.1. The molecule has 2 aromatic carbocycles. The van der Waals surface area contributed by atoms with Crippen LogP contribution < -0.4 is 5.32 Å². The van der Waals surface area contributed by atoms with Gasteiger partial charge in [0.1, 0.15) is 0 Å². The zero-order valence-corrected chi connectivity index (χ0v) is 22.3. The van der Waals surface area contributed by atoms with Gasteiger partial charge in [0.25, 0.3) is 0 Å². The fraction of sp³-hybridized carbons (Fsp3) is 0.320. The summed E-state index contributed by atoms with van der Waals surface area (Å²) in [6.45, 7) is 4.93. The Bertz CT molecular complexity index is 1190. The van der Waals surface area contributed by atoms with Crippen LogP contribution in [-0.2, 0) is 16.1 Å². The van der Waals surface area contributed by atoms with E-state index in [1.165, 1.54) is 23.1 Å². The molecule has 184 valence electrons. The van der Waals surface area contributed by atoms with Crippen molar-refractivity contribution >= 4 is 58.0 Å². The van der Waals surface area contributed by atoms with Crippen LogP contribution in [0, 0.1) is 0 Å². The number of aromatic nitrogens is 1. The highest BCUT2D eigenvalue weighted by Crippen LogP contribution is 2.28. The Hall–Kier alpha value is -1.94. The topological polar surface area (TPSA) is 71.5 Å². The first-order valence-electron chi connectivity index (χ1n) is 11.1. The zero-order chi connectivity index (χ0) is 24.8. The average molecular weight is 551 g/mol. The lowest BCUT2D eigenvalue weighted by molar-refractivity contribution is -0.119.